The van der Waals surface area contributed by atoms with Gasteiger partial charge in [-0.2, -0.15) is 0 Å². The summed E-state index contributed by atoms with van der Waals surface area (Å²) < 4.78 is 14.7. The molecule has 1 aromatic heterocycles. The molecule has 0 fully saturated rings. The van der Waals surface area contributed by atoms with Crippen molar-refractivity contribution >= 4 is 16.9 Å². The summed E-state index contributed by atoms with van der Waals surface area (Å²) in [6, 6.07) is 19.4. The second-order valence-corrected chi connectivity index (χ2v) is 6.06. The van der Waals surface area contributed by atoms with Crippen LogP contribution in [0.1, 0.15) is 10.4 Å². The first-order valence-corrected chi connectivity index (χ1v) is 8.26. The summed E-state index contributed by atoms with van der Waals surface area (Å²) >= 11 is 0. The average Bonchev–Trinajstić information content (AvgIpc) is 2.69. The zero-order valence-electron chi connectivity index (χ0n) is 14.1. The molecule has 0 aliphatic heterocycles. The van der Waals surface area contributed by atoms with Crippen molar-refractivity contribution in [2.24, 2.45) is 0 Å². The van der Waals surface area contributed by atoms with E-state index in [0.29, 0.717) is 16.5 Å². The molecule has 0 radical (unpaired) electrons. The maximum absolute atomic E-state index is 14.7. The van der Waals surface area contributed by atoms with Crippen molar-refractivity contribution in [1.82, 2.24) is 4.98 Å². The number of phenolic OH excluding ortho intramolecular Hbond substituents is 1. The Labute approximate surface area is 154 Å². The number of carboxylic acid groups (broad SMARTS) is 1. The van der Waals surface area contributed by atoms with E-state index in [-0.39, 0.29) is 28.1 Å². The quantitative estimate of drug-likeness (QED) is 0.533. The number of rotatable bonds is 3. The predicted octanol–water partition coefficient (Wildman–Crippen LogP) is 5.11. The number of aromatic nitrogens is 1. The van der Waals surface area contributed by atoms with Gasteiger partial charge in [-0.05, 0) is 29.8 Å². The fourth-order valence-electron chi connectivity index (χ4n) is 3.19. The topological polar surface area (TPSA) is 70.4 Å². The maximum atomic E-state index is 14.7. The van der Waals surface area contributed by atoms with Crippen LogP contribution in [0.2, 0.25) is 0 Å². The van der Waals surface area contributed by atoms with Crippen LogP contribution in [0.5, 0.6) is 5.75 Å². The third-order valence-electron chi connectivity index (χ3n) is 4.40. The highest BCUT2D eigenvalue weighted by molar-refractivity contribution is 6.04. The lowest BCUT2D eigenvalue weighted by atomic mass is 9.94. The van der Waals surface area contributed by atoms with Crippen molar-refractivity contribution in [3.8, 4) is 28.1 Å². The number of aromatic carboxylic acids is 1. The Hall–Kier alpha value is -3.73. The summed E-state index contributed by atoms with van der Waals surface area (Å²) in [5.74, 6) is -1.82. The second kappa shape index (κ2) is 6.53. The van der Waals surface area contributed by atoms with Crippen molar-refractivity contribution in [2.75, 3.05) is 0 Å². The number of hydrogen-bond donors (Lipinski definition) is 2. The molecule has 0 saturated carbocycles. The third-order valence-corrected chi connectivity index (χ3v) is 4.40. The third kappa shape index (κ3) is 2.89. The summed E-state index contributed by atoms with van der Waals surface area (Å²) in [5.41, 5.74) is 1.59. The van der Waals surface area contributed by atoms with Gasteiger partial charge in [-0.25, -0.2) is 14.2 Å². The molecule has 0 saturated heterocycles. The summed E-state index contributed by atoms with van der Waals surface area (Å²) in [7, 11) is 0. The fourth-order valence-corrected chi connectivity index (χ4v) is 3.19. The van der Waals surface area contributed by atoms with Gasteiger partial charge >= 0.3 is 5.97 Å². The number of nitrogens with zero attached hydrogens (tertiary/aromatic N) is 1. The van der Waals surface area contributed by atoms with Crippen LogP contribution >= 0.6 is 0 Å². The van der Waals surface area contributed by atoms with Crippen LogP contribution in [0.15, 0.2) is 72.8 Å². The first-order chi connectivity index (χ1) is 13.1. The minimum absolute atomic E-state index is 0.0401. The standard InChI is InChI=1S/C22H14FNO3/c23-16-10-11-19(25)21(20(16)13-6-2-1-3-7-13)18-12-15(22(26)27)14-8-4-5-9-17(14)24-18/h1-12,25H,(H,26,27). The van der Waals surface area contributed by atoms with Gasteiger partial charge < -0.3 is 10.2 Å². The Balaban J connectivity index is 2.08. The minimum atomic E-state index is -1.12. The molecule has 3 aromatic carbocycles. The first-order valence-electron chi connectivity index (χ1n) is 8.26. The lowest BCUT2D eigenvalue weighted by Crippen LogP contribution is -2.01. The summed E-state index contributed by atoms with van der Waals surface area (Å²) in [6.45, 7) is 0. The van der Waals surface area contributed by atoms with Crippen LogP contribution in [0.4, 0.5) is 4.39 Å². The molecule has 5 heteroatoms. The van der Waals surface area contributed by atoms with E-state index >= 15 is 0 Å². The van der Waals surface area contributed by atoms with Crippen LogP contribution in [-0.4, -0.2) is 21.2 Å². The van der Waals surface area contributed by atoms with E-state index in [1.54, 1.807) is 54.6 Å². The molecule has 2 N–H and O–H groups in total. The Bertz CT molecular complexity index is 1170. The molecule has 4 nitrogen and oxygen atoms in total. The molecule has 4 aromatic rings. The second-order valence-electron chi connectivity index (χ2n) is 6.06. The Morgan fingerprint density at radius 3 is 2.33 bits per heavy atom. The molecule has 0 aliphatic carbocycles. The van der Waals surface area contributed by atoms with Gasteiger partial charge in [-0.1, -0.05) is 48.5 Å². The van der Waals surface area contributed by atoms with Crippen LogP contribution in [0.3, 0.4) is 0 Å². The van der Waals surface area contributed by atoms with E-state index in [9.17, 15) is 19.4 Å². The van der Waals surface area contributed by atoms with Crippen LogP contribution < -0.4 is 0 Å². The molecule has 4 rings (SSSR count). The molecule has 0 unspecified atom stereocenters. The lowest BCUT2D eigenvalue weighted by Gasteiger charge is -2.14. The molecular formula is C22H14FNO3. The fraction of sp³-hybridized carbons (Fsp3) is 0. The summed E-state index contributed by atoms with van der Waals surface area (Å²) in [6.07, 6.45) is 0. The Morgan fingerprint density at radius 2 is 1.59 bits per heavy atom. The molecule has 132 valence electrons. The molecular weight excluding hydrogens is 345 g/mol. The van der Waals surface area contributed by atoms with Crippen molar-refractivity contribution in [1.29, 1.82) is 0 Å². The van der Waals surface area contributed by atoms with Crippen molar-refractivity contribution in [2.45, 2.75) is 0 Å². The normalized spacial score (nSPS) is 10.9. The van der Waals surface area contributed by atoms with E-state index in [4.69, 9.17) is 0 Å². The largest absolute Gasteiger partial charge is 0.507 e. The van der Waals surface area contributed by atoms with Crippen molar-refractivity contribution < 1.29 is 19.4 Å². The van der Waals surface area contributed by atoms with Crippen LogP contribution in [0, 0.1) is 5.82 Å². The number of hydrogen-bond acceptors (Lipinski definition) is 3. The van der Waals surface area contributed by atoms with Crippen LogP contribution in [-0.2, 0) is 0 Å². The highest BCUT2D eigenvalue weighted by Gasteiger charge is 2.20. The van der Waals surface area contributed by atoms with Gasteiger partial charge in [-0.15, -0.1) is 0 Å². The van der Waals surface area contributed by atoms with Crippen molar-refractivity contribution in [3.63, 3.8) is 0 Å². The van der Waals surface area contributed by atoms with E-state index in [2.05, 4.69) is 4.98 Å². The van der Waals surface area contributed by atoms with E-state index < -0.39 is 11.8 Å². The highest BCUT2D eigenvalue weighted by Crippen LogP contribution is 2.40. The number of carbonyl (C=O) groups is 1. The van der Waals surface area contributed by atoms with E-state index in [1.165, 1.54) is 18.2 Å². The molecule has 0 amide bonds. The van der Waals surface area contributed by atoms with Gasteiger partial charge in [-0.3, -0.25) is 0 Å². The molecule has 0 atom stereocenters. The number of fused-ring (bicyclic) bond motifs is 1. The number of halogens is 1. The number of phenols is 1. The molecule has 0 bridgehead atoms. The molecule has 1 heterocycles. The number of carboxylic acids is 1. The SMILES string of the molecule is O=C(O)c1cc(-c2c(O)ccc(F)c2-c2ccccc2)nc2ccccc12. The molecule has 27 heavy (non-hydrogen) atoms. The van der Waals surface area contributed by atoms with Crippen LogP contribution in [0.25, 0.3) is 33.3 Å². The first kappa shape index (κ1) is 16.7. The maximum Gasteiger partial charge on any atom is 0.336 e. The number of pyridine rings is 1. The smallest absolute Gasteiger partial charge is 0.336 e. The number of para-hydroxylation sites is 1. The minimum Gasteiger partial charge on any atom is -0.507 e. The number of benzene rings is 3. The summed E-state index contributed by atoms with van der Waals surface area (Å²) in [4.78, 5) is 16.2. The van der Waals surface area contributed by atoms with Gasteiger partial charge in [0, 0.05) is 10.9 Å². The van der Waals surface area contributed by atoms with Gasteiger partial charge in [0.15, 0.2) is 0 Å². The van der Waals surface area contributed by atoms with E-state index in [0.717, 1.165) is 0 Å². The van der Waals surface area contributed by atoms with Gasteiger partial charge in [0.05, 0.1) is 22.3 Å². The van der Waals surface area contributed by atoms with Gasteiger partial charge in [0.25, 0.3) is 0 Å². The predicted molar refractivity (Wildman–Crippen MR) is 101 cm³/mol. The van der Waals surface area contributed by atoms with E-state index in [1.807, 2.05) is 0 Å². The Morgan fingerprint density at radius 1 is 0.889 bits per heavy atom. The highest BCUT2D eigenvalue weighted by atomic mass is 19.1. The molecule has 0 aliphatic rings. The van der Waals surface area contributed by atoms with Gasteiger partial charge in [0.1, 0.15) is 11.6 Å². The average molecular weight is 359 g/mol. The van der Waals surface area contributed by atoms with Crippen molar-refractivity contribution in [3.05, 3.63) is 84.2 Å². The Kier molecular flexibility index (Phi) is 4.05. The lowest BCUT2D eigenvalue weighted by molar-refractivity contribution is 0.0699. The zero-order chi connectivity index (χ0) is 19.0. The zero-order valence-corrected chi connectivity index (χ0v) is 14.1. The molecule has 0 spiro atoms. The van der Waals surface area contributed by atoms with Gasteiger partial charge in [0.2, 0.25) is 0 Å². The summed E-state index contributed by atoms with van der Waals surface area (Å²) in [5, 5.41) is 20.6. The number of aromatic hydroxyl groups is 1. The monoisotopic (exact) mass is 359 g/mol.